The highest BCUT2D eigenvalue weighted by atomic mass is 28.3. The van der Waals surface area contributed by atoms with E-state index >= 15 is 0 Å². The summed E-state index contributed by atoms with van der Waals surface area (Å²) in [5, 5.41) is 19.2. The monoisotopic (exact) mass is 1870 g/mol. The zero-order chi connectivity index (χ0) is 96.4. The van der Waals surface area contributed by atoms with Gasteiger partial charge in [-0.3, -0.25) is 13.7 Å². The first-order valence-electron chi connectivity index (χ1n) is 49.9. The number of benzene rings is 19. The van der Waals surface area contributed by atoms with Crippen LogP contribution in [-0.2, 0) is 0 Å². The molecular formula is C134H98N6O3Si. The van der Waals surface area contributed by atoms with Crippen molar-refractivity contribution in [1.29, 1.82) is 0 Å². The minimum absolute atomic E-state index is 0.667. The highest BCUT2D eigenvalue weighted by Gasteiger charge is 2.44. The molecule has 0 aliphatic carbocycles. The Balaban J connectivity index is 0.000000111. The van der Waals surface area contributed by atoms with Gasteiger partial charge in [0.25, 0.3) is 0 Å². The molecule has 0 atom stereocenters. The van der Waals surface area contributed by atoms with Gasteiger partial charge < -0.3 is 13.3 Å². The molecule has 0 spiro atoms. The molecule has 0 amide bonds. The maximum Gasteiger partial charge on any atom is 0.145 e. The summed E-state index contributed by atoms with van der Waals surface area (Å²) in [6.45, 7) is 14.6. The Hall–Kier alpha value is -17.8. The molecule has 0 aliphatic heterocycles. The summed E-state index contributed by atoms with van der Waals surface area (Å²) in [6, 6.07) is 165. The van der Waals surface area contributed by atoms with Gasteiger partial charge in [-0.2, -0.15) is 0 Å². The van der Waals surface area contributed by atoms with Gasteiger partial charge in [-0.1, -0.05) is 368 Å². The number of aromatic nitrogens is 6. The summed E-state index contributed by atoms with van der Waals surface area (Å²) >= 11 is 0. The Labute approximate surface area is 834 Å². The largest absolute Gasteiger partial charge is 0.456 e. The van der Waals surface area contributed by atoms with E-state index in [-0.39, 0.29) is 0 Å². The van der Waals surface area contributed by atoms with Crippen molar-refractivity contribution >= 4 is 166 Å². The van der Waals surface area contributed by atoms with E-state index in [9.17, 15) is 0 Å². The van der Waals surface area contributed by atoms with E-state index in [4.69, 9.17) is 28.2 Å². The van der Waals surface area contributed by atoms with E-state index in [2.05, 4.69) is 480 Å². The number of nitrogens with zero attached hydrogens (tertiary/aromatic N) is 6. The third-order valence-electron chi connectivity index (χ3n) is 30.1. The smallest absolute Gasteiger partial charge is 0.145 e. The van der Waals surface area contributed by atoms with Crippen LogP contribution in [0, 0.1) is 0 Å². The molecule has 0 saturated carbocycles. The van der Waals surface area contributed by atoms with Gasteiger partial charge in [-0.15, -0.1) is 0 Å². The summed E-state index contributed by atoms with van der Waals surface area (Å²) in [7, 11) is -1.76. The van der Waals surface area contributed by atoms with Crippen molar-refractivity contribution in [2.75, 3.05) is 0 Å². The molecule has 10 heteroatoms. The first-order valence-corrected chi connectivity index (χ1v) is 52.1. The molecule has 9 heterocycles. The van der Waals surface area contributed by atoms with Crippen molar-refractivity contribution in [3.63, 3.8) is 0 Å². The maximum atomic E-state index is 6.15. The topological polar surface area (TPSA) is 92.9 Å². The molecule has 144 heavy (non-hydrogen) atoms. The van der Waals surface area contributed by atoms with Crippen LogP contribution in [0.5, 0.6) is 0 Å². The van der Waals surface area contributed by atoms with Gasteiger partial charge in [0.15, 0.2) is 0 Å². The predicted molar refractivity (Wildman–Crippen MR) is 607 cm³/mol. The zero-order valence-corrected chi connectivity index (χ0v) is 81.6. The maximum absolute atomic E-state index is 6.15. The molecule has 28 rings (SSSR count). The lowest BCUT2D eigenvalue weighted by atomic mass is 9.98. The van der Waals surface area contributed by atoms with Crippen LogP contribution >= 0.6 is 0 Å². The Morgan fingerprint density at radius 1 is 0.208 bits per heavy atom. The van der Waals surface area contributed by atoms with Crippen molar-refractivity contribution < 1.29 is 13.3 Å². The second kappa shape index (κ2) is 35.5. The molecule has 0 bridgehead atoms. The first-order chi connectivity index (χ1) is 70.8. The Bertz CT molecular complexity index is 9770. The van der Waals surface area contributed by atoms with E-state index in [1.165, 1.54) is 98.7 Å². The standard InChI is InChI=1S/C53H34N2O.C42H40N2OSi.C39H24N2O/c1-3-11-35(12-4-1)37-19-21-39(22-20-37)43-33-48(40-25-23-38(24-26-40)36-13-5-2-6-14-36)54-53(34-43)55-49-17-9-7-15-44(49)46-31-41(27-29-50(46)55)42-28-30-52-47(32-42)45-16-8-10-18-51(45)56-52;1-26(2)46(27(3)4,28(5)6)32-18-19-37-31(23-32)17-22-42(43-37)44-38-13-9-7-11-33(38)35-24-29(15-20-39(35)44)30-16-21-41-36(25-30)34-12-8-10-14-40(34)45-41;1-2-10-25(11-3-1)34-24-40-39(31-15-5-4-12-28(31)34)41-35-16-8-6-13-29(35)32-22-26(18-20-36(32)41)27-19-21-38-33(23-27)30-14-7-9-17-37(30)42-38/h1-34H;7-28H,1-6H3;1-24H. The molecule has 0 radical (unpaired) electrons. The fourth-order valence-electron chi connectivity index (χ4n) is 23.5. The van der Waals surface area contributed by atoms with Crippen LogP contribution in [0.4, 0.5) is 0 Å². The van der Waals surface area contributed by atoms with Crippen molar-refractivity contribution in [2.45, 2.75) is 58.2 Å². The van der Waals surface area contributed by atoms with E-state index in [1.807, 2.05) is 42.6 Å². The number of hydrogen-bond donors (Lipinski definition) is 0. The molecule has 9 nitrogen and oxygen atoms in total. The number of rotatable bonds is 15. The lowest BCUT2D eigenvalue weighted by Gasteiger charge is -2.43. The molecule has 19 aromatic carbocycles. The molecule has 0 fully saturated rings. The SMILES string of the molecule is CC(C)[Si](c1ccc2nc(-n3c4ccccc4c4cc(-c5ccc6oc7ccccc7c6c5)ccc43)ccc2c1)(C(C)C)C(C)C.c1ccc(-c2ccc(-c3cc(-c4ccc(-c5ccccc5)cc4)nc(-n4c5ccccc5c5cc(-c6ccc7oc8ccccc8c7c6)ccc54)c3)cc2)cc1.c1ccc(-c2cnc(-n3c4ccccc4c4cc(-c5ccc6oc7ccccc7c6c5)ccc43)c3ccccc23)cc1. The van der Waals surface area contributed by atoms with Gasteiger partial charge in [-0.25, -0.2) is 15.0 Å². The fourth-order valence-corrected chi connectivity index (χ4v) is 30.3. The molecule has 0 aliphatic rings. The average molecular weight is 1870 g/mol. The predicted octanol–water partition coefficient (Wildman–Crippen LogP) is 36.8. The highest BCUT2D eigenvalue weighted by Crippen LogP contribution is 2.47. The van der Waals surface area contributed by atoms with Crippen LogP contribution in [0.15, 0.2) is 480 Å². The number of fused-ring (bicyclic) bond motifs is 20. The third kappa shape index (κ3) is 14.8. The van der Waals surface area contributed by atoms with Crippen LogP contribution in [0.1, 0.15) is 41.5 Å². The van der Waals surface area contributed by atoms with Gasteiger partial charge in [0.05, 0.1) is 52.4 Å². The summed E-state index contributed by atoms with van der Waals surface area (Å²) in [6.07, 6.45) is 2.02. The van der Waals surface area contributed by atoms with Crippen molar-refractivity contribution in [2.24, 2.45) is 0 Å². The minimum Gasteiger partial charge on any atom is -0.456 e. The van der Waals surface area contributed by atoms with Gasteiger partial charge >= 0.3 is 0 Å². The minimum atomic E-state index is -1.76. The lowest BCUT2D eigenvalue weighted by Crippen LogP contribution is -2.55. The van der Waals surface area contributed by atoms with Crippen LogP contribution in [-0.4, -0.2) is 36.7 Å². The zero-order valence-electron chi connectivity index (χ0n) is 80.6. The van der Waals surface area contributed by atoms with Gasteiger partial charge in [0, 0.05) is 92.7 Å². The molecule has 0 unspecified atom stereocenters. The molecule has 0 N–H and O–H groups in total. The first kappa shape index (κ1) is 86.5. The van der Waals surface area contributed by atoms with E-state index in [0.29, 0.717) is 16.6 Å². The van der Waals surface area contributed by atoms with E-state index < -0.39 is 8.07 Å². The quantitative estimate of drug-likeness (QED) is 0.0950. The lowest BCUT2D eigenvalue weighted by molar-refractivity contribution is 0.668. The van der Waals surface area contributed by atoms with Gasteiger partial charge in [-0.05, 0) is 234 Å². The molecule has 0 saturated heterocycles. The van der Waals surface area contributed by atoms with Crippen molar-refractivity contribution in [3.8, 4) is 107 Å². The normalized spacial score (nSPS) is 12.0. The fraction of sp³-hybridized carbons (Fsp3) is 0.0672. The van der Waals surface area contributed by atoms with Crippen LogP contribution in [0.2, 0.25) is 16.6 Å². The molecular weight excluding hydrogens is 1770 g/mol. The Kier molecular flexibility index (Phi) is 21.3. The Morgan fingerprint density at radius 2 is 0.535 bits per heavy atom. The highest BCUT2D eigenvalue weighted by molar-refractivity contribution is 6.95. The molecule has 686 valence electrons. The summed E-state index contributed by atoms with van der Waals surface area (Å²) in [5.74, 6) is 2.77. The second-order valence-corrected chi connectivity index (χ2v) is 45.0. The summed E-state index contributed by atoms with van der Waals surface area (Å²) < 4.78 is 25.3. The van der Waals surface area contributed by atoms with Crippen LogP contribution in [0.3, 0.4) is 0 Å². The van der Waals surface area contributed by atoms with Crippen molar-refractivity contribution in [1.82, 2.24) is 28.7 Å². The second-order valence-electron chi connectivity index (χ2n) is 39.0. The number of hydrogen-bond acceptors (Lipinski definition) is 6. The Morgan fingerprint density at radius 3 is 0.979 bits per heavy atom. The average Bonchev–Trinajstić information content (AvgIpc) is 1.58. The summed E-state index contributed by atoms with van der Waals surface area (Å²) in [5.41, 5.74) is 33.7. The van der Waals surface area contributed by atoms with Crippen molar-refractivity contribution in [3.05, 3.63) is 467 Å². The molecule has 9 aromatic heterocycles. The number of pyridine rings is 3. The van der Waals surface area contributed by atoms with Gasteiger partial charge in [0.1, 0.15) is 51.0 Å². The van der Waals surface area contributed by atoms with Crippen LogP contribution in [0.25, 0.3) is 260 Å². The van der Waals surface area contributed by atoms with Gasteiger partial charge in [0.2, 0.25) is 0 Å². The van der Waals surface area contributed by atoms with E-state index in [0.717, 1.165) is 161 Å². The number of furan rings is 3. The third-order valence-corrected chi connectivity index (χ3v) is 37.2. The van der Waals surface area contributed by atoms with E-state index in [1.54, 1.807) is 5.19 Å². The molecule has 28 aromatic rings. The summed E-state index contributed by atoms with van der Waals surface area (Å²) in [4.78, 5) is 15.8. The number of para-hydroxylation sites is 6. The van der Waals surface area contributed by atoms with Crippen LogP contribution < -0.4 is 5.19 Å².